The molecule has 0 fully saturated rings. The molecular formula is C6H5BrClNO. The van der Waals surface area contributed by atoms with Gasteiger partial charge in [0.15, 0.2) is 6.29 Å². The van der Waals surface area contributed by atoms with E-state index in [1.807, 2.05) is 0 Å². The van der Waals surface area contributed by atoms with Gasteiger partial charge in [0, 0.05) is 22.4 Å². The summed E-state index contributed by atoms with van der Waals surface area (Å²) < 4.78 is 0.736. The summed E-state index contributed by atoms with van der Waals surface area (Å²) in [6, 6.07) is 1.65. The van der Waals surface area contributed by atoms with Crippen LogP contribution in [0.25, 0.3) is 0 Å². The predicted molar refractivity (Wildman–Crippen MR) is 44.6 cm³/mol. The molecule has 4 heteroatoms. The van der Waals surface area contributed by atoms with Gasteiger partial charge in [0.05, 0.1) is 0 Å². The summed E-state index contributed by atoms with van der Waals surface area (Å²) in [5, 5.41) is 0. The summed E-state index contributed by atoms with van der Waals surface area (Å²) in [6.07, 6.45) is 3.95. The van der Waals surface area contributed by atoms with Gasteiger partial charge < -0.3 is 0 Å². The average Bonchev–Trinajstić information content (AvgIpc) is 1.89. The van der Waals surface area contributed by atoms with Crippen molar-refractivity contribution in [2.45, 2.75) is 0 Å². The normalized spacial score (nSPS) is 8.10. The Labute approximate surface area is 73.2 Å². The molecule has 0 saturated carbocycles. The van der Waals surface area contributed by atoms with Crippen LogP contribution in [0.4, 0.5) is 0 Å². The molecule has 1 heterocycles. The van der Waals surface area contributed by atoms with Gasteiger partial charge in [-0.25, -0.2) is 0 Å². The van der Waals surface area contributed by atoms with E-state index < -0.39 is 0 Å². The number of pyridine rings is 1. The Balaban J connectivity index is 0.000000810. The van der Waals surface area contributed by atoms with Crippen molar-refractivity contribution in [3.05, 3.63) is 28.5 Å². The minimum atomic E-state index is 0. The standard InChI is InChI=1S/C6H4BrNO.ClH/c7-6-3-8-2-1-5(6)4-9;/h1-4H;1H. The van der Waals surface area contributed by atoms with Gasteiger partial charge in [-0.15, -0.1) is 12.4 Å². The summed E-state index contributed by atoms with van der Waals surface area (Å²) >= 11 is 3.16. The second-order valence-corrected chi connectivity index (χ2v) is 2.37. The van der Waals surface area contributed by atoms with E-state index in [2.05, 4.69) is 20.9 Å². The molecule has 0 N–H and O–H groups in total. The molecule has 0 aromatic carbocycles. The Bertz CT molecular complexity index is 229. The van der Waals surface area contributed by atoms with Crippen LogP contribution >= 0.6 is 28.3 Å². The fourth-order valence-electron chi connectivity index (χ4n) is 0.482. The minimum absolute atomic E-state index is 0. The fraction of sp³-hybridized carbons (Fsp3) is 0. The predicted octanol–water partition coefficient (Wildman–Crippen LogP) is 2.08. The van der Waals surface area contributed by atoms with Gasteiger partial charge in [-0.3, -0.25) is 9.78 Å². The Kier molecular flexibility index (Phi) is 4.23. The average molecular weight is 222 g/mol. The van der Waals surface area contributed by atoms with E-state index in [9.17, 15) is 4.79 Å². The van der Waals surface area contributed by atoms with E-state index in [1.54, 1.807) is 18.5 Å². The lowest BCUT2D eigenvalue weighted by atomic mass is 10.3. The highest BCUT2D eigenvalue weighted by atomic mass is 79.9. The summed E-state index contributed by atoms with van der Waals surface area (Å²) in [5.74, 6) is 0. The van der Waals surface area contributed by atoms with Gasteiger partial charge in [0.25, 0.3) is 0 Å². The number of hydrogen-bond donors (Lipinski definition) is 0. The van der Waals surface area contributed by atoms with Crippen LogP contribution in [0, 0.1) is 0 Å². The van der Waals surface area contributed by atoms with Gasteiger partial charge in [0.2, 0.25) is 0 Å². The van der Waals surface area contributed by atoms with E-state index in [0.29, 0.717) is 5.56 Å². The number of carbonyl (C=O) groups excluding carboxylic acids is 1. The number of nitrogens with zero attached hydrogens (tertiary/aromatic N) is 1. The molecule has 0 radical (unpaired) electrons. The lowest BCUT2D eigenvalue weighted by Gasteiger charge is -1.89. The molecule has 54 valence electrons. The van der Waals surface area contributed by atoms with Gasteiger partial charge in [-0.2, -0.15) is 0 Å². The first-order valence-corrected chi connectivity index (χ1v) is 3.18. The molecule has 0 amide bonds. The number of halogens is 2. The Morgan fingerprint density at radius 3 is 2.70 bits per heavy atom. The van der Waals surface area contributed by atoms with E-state index in [1.165, 1.54) is 0 Å². The topological polar surface area (TPSA) is 30.0 Å². The highest BCUT2D eigenvalue weighted by molar-refractivity contribution is 9.10. The molecule has 0 bridgehead atoms. The van der Waals surface area contributed by atoms with Crippen LogP contribution in [0.15, 0.2) is 22.9 Å². The number of rotatable bonds is 1. The van der Waals surface area contributed by atoms with Gasteiger partial charge in [0.1, 0.15) is 0 Å². The summed E-state index contributed by atoms with van der Waals surface area (Å²) in [6.45, 7) is 0. The molecule has 0 saturated heterocycles. The van der Waals surface area contributed by atoms with E-state index >= 15 is 0 Å². The lowest BCUT2D eigenvalue weighted by molar-refractivity contribution is 0.112. The smallest absolute Gasteiger partial charge is 0.151 e. The SMILES string of the molecule is Cl.O=Cc1ccncc1Br. The van der Waals surface area contributed by atoms with Crippen LogP contribution in [0.1, 0.15) is 10.4 Å². The summed E-state index contributed by atoms with van der Waals surface area (Å²) in [7, 11) is 0. The van der Waals surface area contributed by atoms with Crippen LogP contribution < -0.4 is 0 Å². The quantitative estimate of drug-likeness (QED) is 0.681. The molecular weight excluding hydrogens is 217 g/mol. The number of aldehydes is 1. The third kappa shape index (κ3) is 2.08. The first kappa shape index (κ1) is 9.59. The molecule has 0 aliphatic rings. The number of hydrogen-bond acceptors (Lipinski definition) is 2. The van der Waals surface area contributed by atoms with Crippen LogP contribution in [-0.4, -0.2) is 11.3 Å². The molecule has 0 unspecified atom stereocenters. The lowest BCUT2D eigenvalue weighted by Crippen LogP contribution is -1.81. The Hall–Kier alpha value is -0.410. The second-order valence-electron chi connectivity index (χ2n) is 1.52. The van der Waals surface area contributed by atoms with Gasteiger partial charge in [-0.1, -0.05) is 0 Å². The van der Waals surface area contributed by atoms with E-state index in [0.717, 1.165) is 10.8 Å². The van der Waals surface area contributed by atoms with E-state index in [4.69, 9.17) is 0 Å². The molecule has 0 spiro atoms. The van der Waals surface area contributed by atoms with Crippen molar-refractivity contribution in [3.8, 4) is 0 Å². The van der Waals surface area contributed by atoms with Crippen molar-refractivity contribution < 1.29 is 4.79 Å². The van der Waals surface area contributed by atoms with Crippen molar-refractivity contribution in [2.24, 2.45) is 0 Å². The molecule has 1 aromatic heterocycles. The van der Waals surface area contributed by atoms with Crippen molar-refractivity contribution in [1.82, 2.24) is 4.98 Å². The largest absolute Gasteiger partial charge is 0.298 e. The van der Waals surface area contributed by atoms with Crippen molar-refractivity contribution >= 4 is 34.6 Å². The van der Waals surface area contributed by atoms with Crippen molar-refractivity contribution in [2.75, 3.05) is 0 Å². The molecule has 0 aliphatic carbocycles. The number of aromatic nitrogens is 1. The zero-order chi connectivity index (χ0) is 6.69. The molecule has 2 nitrogen and oxygen atoms in total. The molecule has 10 heavy (non-hydrogen) atoms. The molecule has 1 rings (SSSR count). The van der Waals surface area contributed by atoms with Gasteiger partial charge in [-0.05, 0) is 22.0 Å². The Morgan fingerprint density at radius 2 is 2.30 bits per heavy atom. The zero-order valence-corrected chi connectivity index (χ0v) is 7.35. The van der Waals surface area contributed by atoms with Crippen LogP contribution in [0.2, 0.25) is 0 Å². The van der Waals surface area contributed by atoms with Gasteiger partial charge >= 0.3 is 0 Å². The van der Waals surface area contributed by atoms with Crippen LogP contribution in [0.3, 0.4) is 0 Å². The third-order valence-corrected chi connectivity index (χ3v) is 1.59. The van der Waals surface area contributed by atoms with Crippen molar-refractivity contribution in [1.29, 1.82) is 0 Å². The Morgan fingerprint density at radius 1 is 1.60 bits per heavy atom. The fourth-order valence-corrected chi connectivity index (χ4v) is 0.825. The maximum Gasteiger partial charge on any atom is 0.151 e. The van der Waals surface area contributed by atoms with E-state index in [-0.39, 0.29) is 12.4 Å². The highest BCUT2D eigenvalue weighted by Crippen LogP contribution is 2.10. The second kappa shape index (κ2) is 4.41. The zero-order valence-electron chi connectivity index (χ0n) is 4.95. The molecule has 1 aromatic rings. The minimum Gasteiger partial charge on any atom is -0.298 e. The summed E-state index contributed by atoms with van der Waals surface area (Å²) in [5.41, 5.74) is 0.630. The molecule has 0 aliphatic heterocycles. The maximum atomic E-state index is 10.2. The van der Waals surface area contributed by atoms with Crippen LogP contribution in [0.5, 0.6) is 0 Å². The first-order chi connectivity index (χ1) is 4.34. The summed E-state index contributed by atoms with van der Waals surface area (Å²) in [4.78, 5) is 14.0. The highest BCUT2D eigenvalue weighted by Gasteiger charge is 1.93. The maximum absolute atomic E-state index is 10.2. The first-order valence-electron chi connectivity index (χ1n) is 2.39. The third-order valence-electron chi connectivity index (χ3n) is 0.931. The van der Waals surface area contributed by atoms with Crippen LogP contribution in [-0.2, 0) is 0 Å². The molecule has 0 atom stereocenters. The monoisotopic (exact) mass is 221 g/mol. The van der Waals surface area contributed by atoms with Crippen molar-refractivity contribution in [3.63, 3.8) is 0 Å². The number of carbonyl (C=O) groups is 1.